The molecule has 0 fully saturated rings. The van der Waals surface area contributed by atoms with E-state index >= 15 is 0 Å². The molecule has 2 N–H and O–H groups in total. The SMILES string of the molecule is COc1cc([C@@H]2CC(=O)Nc3c2c(C)nn3-c2ccc(=O)[nH]n2)ccc1OCC(C)C. The first-order valence-corrected chi connectivity index (χ1v) is 10.1. The van der Waals surface area contributed by atoms with E-state index in [1.54, 1.807) is 17.9 Å². The molecule has 3 aromatic rings. The summed E-state index contributed by atoms with van der Waals surface area (Å²) >= 11 is 0. The summed E-state index contributed by atoms with van der Waals surface area (Å²) in [6, 6.07) is 8.68. The third-order valence-electron chi connectivity index (χ3n) is 5.15. The van der Waals surface area contributed by atoms with Gasteiger partial charge in [-0.25, -0.2) is 5.10 Å². The van der Waals surface area contributed by atoms with Crippen molar-refractivity contribution >= 4 is 11.7 Å². The first-order valence-electron chi connectivity index (χ1n) is 10.1. The molecular formula is C22H25N5O4. The van der Waals surface area contributed by atoms with Gasteiger partial charge in [0.05, 0.1) is 19.4 Å². The highest BCUT2D eigenvalue weighted by atomic mass is 16.5. The fourth-order valence-corrected chi connectivity index (χ4v) is 3.73. The van der Waals surface area contributed by atoms with E-state index in [1.165, 1.54) is 6.07 Å². The highest BCUT2D eigenvalue weighted by molar-refractivity contribution is 5.95. The molecular weight excluding hydrogens is 398 g/mol. The third-order valence-corrected chi connectivity index (χ3v) is 5.15. The van der Waals surface area contributed by atoms with Crippen LogP contribution in [-0.4, -0.2) is 39.6 Å². The van der Waals surface area contributed by atoms with Gasteiger partial charge in [0.25, 0.3) is 5.56 Å². The summed E-state index contributed by atoms with van der Waals surface area (Å²) in [5.74, 6) is 2.33. The fourth-order valence-electron chi connectivity index (χ4n) is 3.73. The van der Waals surface area contributed by atoms with Crippen molar-refractivity contribution in [3.05, 3.63) is 57.5 Å². The van der Waals surface area contributed by atoms with Crippen LogP contribution in [0.2, 0.25) is 0 Å². The minimum Gasteiger partial charge on any atom is -0.493 e. The number of carbonyl (C=O) groups is 1. The Bertz CT molecular complexity index is 1160. The molecule has 9 heteroatoms. The summed E-state index contributed by atoms with van der Waals surface area (Å²) < 4.78 is 13.0. The molecule has 1 atom stereocenters. The Balaban J connectivity index is 1.76. The predicted molar refractivity (Wildman–Crippen MR) is 115 cm³/mol. The van der Waals surface area contributed by atoms with Gasteiger partial charge in [0, 0.05) is 24.0 Å². The minimum atomic E-state index is -0.310. The van der Waals surface area contributed by atoms with E-state index < -0.39 is 0 Å². The van der Waals surface area contributed by atoms with Crippen LogP contribution < -0.4 is 20.3 Å². The average molecular weight is 423 g/mol. The standard InChI is InChI=1S/C22H25N5O4/c1-12(2)11-31-16-6-5-14(9-17(16)30-4)15-10-20(29)23-22-21(15)13(3)26-27(22)18-7-8-19(28)25-24-18/h5-9,12,15H,10-11H2,1-4H3,(H,23,29)(H,25,28)/t15-/m0/s1. The second kappa shape index (κ2) is 8.25. The number of aromatic nitrogens is 4. The van der Waals surface area contributed by atoms with Gasteiger partial charge >= 0.3 is 0 Å². The van der Waals surface area contributed by atoms with E-state index in [4.69, 9.17) is 9.47 Å². The van der Waals surface area contributed by atoms with Gasteiger partial charge in [-0.15, -0.1) is 0 Å². The molecule has 1 aliphatic heterocycles. The van der Waals surface area contributed by atoms with Crippen molar-refractivity contribution in [3.8, 4) is 17.3 Å². The lowest BCUT2D eigenvalue weighted by Gasteiger charge is -2.25. The van der Waals surface area contributed by atoms with Crippen molar-refractivity contribution in [2.75, 3.05) is 19.0 Å². The lowest BCUT2D eigenvalue weighted by molar-refractivity contribution is -0.116. The molecule has 2 aromatic heterocycles. The first-order chi connectivity index (χ1) is 14.9. The van der Waals surface area contributed by atoms with Crippen LogP contribution in [0.25, 0.3) is 5.82 Å². The maximum Gasteiger partial charge on any atom is 0.264 e. The number of ether oxygens (including phenoxy) is 2. The van der Waals surface area contributed by atoms with Crippen LogP contribution in [0.15, 0.2) is 35.1 Å². The zero-order valence-electron chi connectivity index (χ0n) is 17.9. The van der Waals surface area contributed by atoms with Gasteiger partial charge in [0.15, 0.2) is 17.3 Å². The van der Waals surface area contributed by atoms with Crippen LogP contribution >= 0.6 is 0 Å². The monoisotopic (exact) mass is 423 g/mol. The molecule has 0 spiro atoms. The Labute approximate surface area is 179 Å². The van der Waals surface area contributed by atoms with Gasteiger partial charge in [-0.05, 0) is 36.6 Å². The second-order valence-corrected chi connectivity index (χ2v) is 7.96. The van der Waals surface area contributed by atoms with E-state index in [0.717, 1.165) is 16.8 Å². The average Bonchev–Trinajstić information content (AvgIpc) is 3.08. The highest BCUT2D eigenvalue weighted by Gasteiger charge is 2.33. The van der Waals surface area contributed by atoms with E-state index in [-0.39, 0.29) is 23.8 Å². The molecule has 1 aliphatic rings. The number of H-pyrrole nitrogens is 1. The van der Waals surface area contributed by atoms with Crippen LogP contribution in [0.4, 0.5) is 5.82 Å². The zero-order chi connectivity index (χ0) is 22.1. The van der Waals surface area contributed by atoms with Crippen LogP contribution in [0, 0.1) is 12.8 Å². The number of aromatic amines is 1. The molecule has 1 amide bonds. The van der Waals surface area contributed by atoms with E-state index in [1.807, 2.05) is 25.1 Å². The number of benzene rings is 1. The van der Waals surface area contributed by atoms with Crippen molar-refractivity contribution in [1.82, 2.24) is 20.0 Å². The van der Waals surface area contributed by atoms with Crippen molar-refractivity contribution in [1.29, 1.82) is 0 Å². The van der Waals surface area contributed by atoms with Gasteiger partial charge < -0.3 is 14.8 Å². The lowest BCUT2D eigenvalue weighted by Crippen LogP contribution is -2.25. The number of nitrogens with zero attached hydrogens (tertiary/aromatic N) is 3. The summed E-state index contributed by atoms with van der Waals surface area (Å²) in [7, 11) is 1.60. The van der Waals surface area contributed by atoms with E-state index in [2.05, 4.69) is 34.5 Å². The molecule has 0 radical (unpaired) electrons. The second-order valence-electron chi connectivity index (χ2n) is 7.96. The largest absolute Gasteiger partial charge is 0.493 e. The molecule has 0 bridgehead atoms. The predicted octanol–water partition coefficient (Wildman–Crippen LogP) is 2.78. The maximum atomic E-state index is 12.6. The number of carbonyl (C=O) groups excluding carboxylic acids is 1. The Morgan fingerprint density at radius 1 is 1.19 bits per heavy atom. The van der Waals surface area contributed by atoms with Gasteiger partial charge in [-0.2, -0.15) is 14.9 Å². The normalized spacial score (nSPS) is 15.5. The summed E-state index contributed by atoms with van der Waals surface area (Å²) in [5.41, 5.74) is 2.30. The van der Waals surface area contributed by atoms with E-state index in [0.29, 0.717) is 35.7 Å². The number of methoxy groups -OCH3 is 1. The highest BCUT2D eigenvalue weighted by Crippen LogP contribution is 2.42. The number of hydrogen-bond donors (Lipinski definition) is 2. The number of rotatable bonds is 6. The number of aryl methyl sites for hydroxylation is 1. The minimum absolute atomic E-state index is 0.123. The molecule has 9 nitrogen and oxygen atoms in total. The van der Waals surface area contributed by atoms with E-state index in [9.17, 15) is 9.59 Å². The van der Waals surface area contributed by atoms with Crippen molar-refractivity contribution in [2.24, 2.45) is 5.92 Å². The molecule has 4 rings (SSSR count). The summed E-state index contributed by atoms with van der Waals surface area (Å²) in [6.07, 6.45) is 0.286. The van der Waals surface area contributed by atoms with Crippen molar-refractivity contribution in [3.63, 3.8) is 0 Å². The van der Waals surface area contributed by atoms with Crippen LogP contribution in [0.1, 0.15) is 43.0 Å². The lowest BCUT2D eigenvalue weighted by atomic mass is 9.85. The number of fused-ring (bicyclic) bond motifs is 1. The first kappa shape index (κ1) is 20.6. The molecule has 0 saturated carbocycles. The van der Waals surface area contributed by atoms with Crippen molar-refractivity contribution in [2.45, 2.75) is 33.1 Å². The smallest absolute Gasteiger partial charge is 0.264 e. The van der Waals surface area contributed by atoms with Gasteiger partial charge in [-0.3, -0.25) is 9.59 Å². The summed E-state index contributed by atoms with van der Waals surface area (Å²) in [4.78, 5) is 23.9. The van der Waals surface area contributed by atoms with Crippen molar-refractivity contribution < 1.29 is 14.3 Å². The molecule has 0 unspecified atom stereocenters. The van der Waals surface area contributed by atoms with Crippen LogP contribution in [0.5, 0.6) is 11.5 Å². The molecule has 0 aliphatic carbocycles. The summed E-state index contributed by atoms with van der Waals surface area (Å²) in [6.45, 7) is 6.65. The Hall–Kier alpha value is -3.62. The van der Waals surface area contributed by atoms with Crippen LogP contribution in [0.3, 0.4) is 0 Å². The number of anilines is 1. The number of hydrogen-bond acceptors (Lipinski definition) is 6. The molecule has 1 aromatic carbocycles. The van der Waals surface area contributed by atoms with Gasteiger partial charge in [-0.1, -0.05) is 19.9 Å². The third kappa shape index (κ3) is 4.03. The van der Waals surface area contributed by atoms with Crippen LogP contribution in [-0.2, 0) is 4.79 Å². The molecule has 162 valence electrons. The summed E-state index contributed by atoms with van der Waals surface area (Å²) in [5, 5.41) is 13.9. The Kier molecular flexibility index (Phi) is 5.50. The van der Waals surface area contributed by atoms with Gasteiger partial charge in [0.2, 0.25) is 5.91 Å². The maximum absolute atomic E-state index is 12.6. The molecule has 3 heterocycles. The molecule has 31 heavy (non-hydrogen) atoms. The topological polar surface area (TPSA) is 111 Å². The quantitative estimate of drug-likeness (QED) is 0.631. The molecule has 0 saturated heterocycles. The Morgan fingerprint density at radius 3 is 2.68 bits per heavy atom. The fraction of sp³-hybridized carbons (Fsp3) is 0.364. The number of nitrogens with one attached hydrogen (secondary N) is 2. The zero-order valence-corrected chi connectivity index (χ0v) is 17.9. The Morgan fingerprint density at radius 2 is 2.00 bits per heavy atom. The van der Waals surface area contributed by atoms with Gasteiger partial charge in [0.1, 0.15) is 5.82 Å². The number of amides is 1.